The molecule has 1 aromatic carbocycles. The standard InChI is InChI=1S/C14H18FNO2/c1-3-4-13(17)16-9-14(10-16,18-2)11-5-7-12(15)8-6-11/h5-8H,3-4,9-10H2,1-2H3. The highest BCUT2D eigenvalue weighted by molar-refractivity contribution is 5.77. The highest BCUT2D eigenvalue weighted by atomic mass is 19.1. The molecule has 1 fully saturated rings. The molecule has 1 aromatic rings. The van der Waals surface area contributed by atoms with Crippen LogP contribution in [0.5, 0.6) is 0 Å². The molecule has 0 radical (unpaired) electrons. The third-order valence-corrected chi connectivity index (χ3v) is 3.47. The molecule has 1 amide bonds. The van der Waals surface area contributed by atoms with Crippen LogP contribution in [0.3, 0.4) is 0 Å². The predicted octanol–water partition coefficient (Wildman–Crippen LogP) is 2.31. The molecule has 0 saturated carbocycles. The molecular weight excluding hydrogens is 233 g/mol. The maximum absolute atomic E-state index is 12.9. The molecule has 4 heteroatoms. The molecule has 18 heavy (non-hydrogen) atoms. The van der Waals surface area contributed by atoms with Crippen molar-refractivity contribution in [2.75, 3.05) is 20.2 Å². The van der Waals surface area contributed by atoms with Gasteiger partial charge in [0.05, 0.1) is 13.1 Å². The summed E-state index contributed by atoms with van der Waals surface area (Å²) in [6.45, 7) is 3.09. The number of amides is 1. The van der Waals surface area contributed by atoms with E-state index in [1.807, 2.05) is 6.92 Å². The fourth-order valence-corrected chi connectivity index (χ4v) is 2.30. The summed E-state index contributed by atoms with van der Waals surface area (Å²) in [5.41, 5.74) is 0.462. The van der Waals surface area contributed by atoms with Crippen molar-refractivity contribution < 1.29 is 13.9 Å². The second-order valence-electron chi connectivity index (χ2n) is 4.71. The molecule has 0 N–H and O–H groups in total. The van der Waals surface area contributed by atoms with E-state index in [9.17, 15) is 9.18 Å². The van der Waals surface area contributed by atoms with Gasteiger partial charge in [-0.25, -0.2) is 4.39 Å². The molecule has 0 atom stereocenters. The van der Waals surface area contributed by atoms with E-state index in [4.69, 9.17) is 4.74 Å². The first-order valence-corrected chi connectivity index (χ1v) is 6.20. The van der Waals surface area contributed by atoms with Crippen LogP contribution in [0.1, 0.15) is 25.3 Å². The van der Waals surface area contributed by atoms with Crippen molar-refractivity contribution in [2.24, 2.45) is 0 Å². The average Bonchev–Trinajstić information content (AvgIpc) is 2.31. The number of ether oxygens (including phenoxy) is 1. The molecule has 3 nitrogen and oxygen atoms in total. The summed E-state index contributed by atoms with van der Waals surface area (Å²) >= 11 is 0. The molecule has 2 rings (SSSR count). The highest BCUT2D eigenvalue weighted by Gasteiger charge is 2.46. The van der Waals surface area contributed by atoms with Crippen molar-refractivity contribution >= 4 is 5.91 Å². The lowest BCUT2D eigenvalue weighted by Gasteiger charge is -2.49. The Morgan fingerprint density at radius 2 is 2.00 bits per heavy atom. The van der Waals surface area contributed by atoms with Gasteiger partial charge in [-0.3, -0.25) is 4.79 Å². The van der Waals surface area contributed by atoms with Gasteiger partial charge in [-0.05, 0) is 24.1 Å². The summed E-state index contributed by atoms with van der Waals surface area (Å²) < 4.78 is 18.4. The number of carbonyl (C=O) groups excluding carboxylic acids is 1. The van der Waals surface area contributed by atoms with E-state index in [-0.39, 0.29) is 11.7 Å². The van der Waals surface area contributed by atoms with Gasteiger partial charge in [-0.1, -0.05) is 19.1 Å². The first-order chi connectivity index (χ1) is 8.61. The van der Waals surface area contributed by atoms with Crippen LogP contribution in [0.2, 0.25) is 0 Å². The van der Waals surface area contributed by atoms with E-state index in [0.717, 1.165) is 12.0 Å². The third-order valence-electron chi connectivity index (χ3n) is 3.47. The van der Waals surface area contributed by atoms with E-state index < -0.39 is 5.60 Å². The Bertz CT molecular complexity index is 424. The van der Waals surface area contributed by atoms with Crippen molar-refractivity contribution in [3.8, 4) is 0 Å². The number of hydrogen-bond donors (Lipinski definition) is 0. The zero-order valence-electron chi connectivity index (χ0n) is 10.8. The molecule has 0 aromatic heterocycles. The Morgan fingerprint density at radius 1 is 1.39 bits per heavy atom. The number of benzene rings is 1. The Morgan fingerprint density at radius 3 is 2.50 bits per heavy atom. The topological polar surface area (TPSA) is 29.5 Å². The molecule has 1 saturated heterocycles. The number of nitrogens with zero attached hydrogens (tertiary/aromatic N) is 1. The van der Waals surface area contributed by atoms with Crippen LogP contribution in [0.25, 0.3) is 0 Å². The van der Waals surface area contributed by atoms with E-state index in [1.165, 1.54) is 12.1 Å². The molecule has 1 heterocycles. The van der Waals surface area contributed by atoms with Crippen LogP contribution in [0.4, 0.5) is 4.39 Å². The van der Waals surface area contributed by atoms with Crippen LogP contribution in [-0.2, 0) is 15.1 Å². The number of methoxy groups -OCH3 is 1. The molecule has 98 valence electrons. The smallest absolute Gasteiger partial charge is 0.222 e. The predicted molar refractivity (Wildman–Crippen MR) is 66.6 cm³/mol. The summed E-state index contributed by atoms with van der Waals surface area (Å²) in [7, 11) is 1.63. The number of carbonyl (C=O) groups is 1. The Labute approximate surface area is 107 Å². The van der Waals surface area contributed by atoms with Crippen molar-refractivity contribution in [1.29, 1.82) is 0 Å². The van der Waals surface area contributed by atoms with E-state index in [1.54, 1.807) is 24.1 Å². The zero-order valence-corrected chi connectivity index (χ0v) is 10.8. The summed E-state index contributed by atoms with van der Waals surface area (Å²) in [5, 5.41) is 0. The molecule has 0 aliphatic carbocycles. The minimum Gasteiger partial charge on any atom is -0.370 e. The number of rotatable bonds is 4. The van der Waals surface area contributed by atoms with Gasteiger partial charge in [0, 0.05) is 13.5 Å². The largest absolute Gasteiger partial charge is 0.370 e. The zero-order chi connectivity index (χ0) is 13.2. The molecule has 0 spiro atoms. The fourth-order valence-electron chi connectivity index (χ4n) is 2.30. The lowest BCUT2D eigenvalue weighted by Crippen LogP contribution is -2.62. The summed E-state index contributed by atoms with van der Waals surface area (Å²) in [6.07, 6.45) is 1.43. The third kappa shape index (κ3) is 2.25. The maximum atomic E-state index is 12.9. The van der Waals surface area contributed by atoms with Gasteiger partial charge in [-0.2, -0.15) is 0 Å². The summed E-state index contributed by atoms with van der Waals surface area (Å²) in [6, 6.07) is 6.29. The van der Waals surface area contributed by atoms with Crippen molar-refractivity contribution in [3.63, 3.8) is 0 Å². The molecule has 0 unspecified atom stereocenters. The average molecular weight is 251 g/mol. The van der Waals surface area contributed by atoms with Crippen molar-refractivity contribution in [3.05, 3.63) is 35.6 Å². The van der Waals surface area contributed by atoms with E-state index in [2.05, 4.69) is 0 Å². The van der Waals surface area contributed by atoms with Crippen LogP contribution in [0, 0.1) is 5.82 Å². The molecular formula is C14H18FNO2. The Hall–Kier alpha value is -1.42. The number of halogens is 1. The number of likely N-dealkylation sites (tertiary alicyclic amines) is 1. The maximum Gasteiger partial charge on any atom is 0.222 e. The first-order valence-electron chi connectivity index (χ1n) is 6.20. The quantitative estimate of drug-likeness (QED) is 0.822. The van der Waals surface area contributed by atoms with Crippen molar-refractivity contribution in [2.45, 2.75) is 25.4 Å². The fraction of sp³-hybridized carbons (Fsp3) is 0.500. The summed E-state index contributed by atoms with van der Waals surface area (Å²) in [4.78, 5) is 13.5. The van der Waals surface area contributed by atoms with Gasteiger partial charge in [0.15, 0.2) is 0 Å². The van der Waals surface area contributed by atoms with E-state index in [0.29, 0.717) is 19.5 Å². The normalized spacial score (nSPS) is 17.4. The number of hydrogen-bond acceptors (Lipinski definition) is 2. The van der Waals surface area contributed by atoms with Crippen LogP contribution in [-0.4, -0.2) is 31.0 Å². The van der Waals surface area contributed by atoms with Gasteiger partial charge >= 0.3 is 0 Å². The van der Waals surface area contributed by atoms with Gasteiger partial charge in [0.25, 0.3) is 0 Å². The van der Waals surface area contributed by atoms with Gasteiger partial charge < -0.3 is 9.64 Å². The minimum absolute atomic E-state index is 0.160. The molecule has 0 bridgehead atoms. The van der Waals surface area contributed by atoms with Gasteiger partial charge in [0.2, 0.25) is 5.91 Å². The van der Waals surface area contributed by atoms with Crippen LogP contribution >= 0.6 is 0 Å². The highest BCUT2D eigenvalue weighted by Crippen LogP contribution is 2.35. The van der Waals surface area contributed by atoms with Gasteiger partial charge in [-0.15, -0.1) is 0 Å². The SMILES string of the molecule is CCCC(=O)N1CC(OC)(c2ccc(F)cc2)C1. The molecule has 1 aliphatic heterocycles. The minimum atomic E-state index is -0.461. The Balaban J connectivity index is 2.07. The Kier molecular flexibility index (Phi) is 3.66. The van der Waals surface area contributed by atoms with Crippen LogP contribution < -0.4 is 0 Å². The second-order valence-corrected chi connectivity index (χ2v) is 4.71. The summed E-state index contributed by atoms with van der Waals surface area (Å²) in [5.74, 6) is -0.101. The lowest BCUT2D eigenvalue weighted by atomic mass is 9.85. The lowest BCUT2D eigenvalue weighted by molar-refractivity contribution is -0.164. The van der Waals surface area contributed by atoms with E-state index >= 15 is 0 Å². The van der Waals surface area contributed by atoms with Crippen molar-refractivity contribution in [1.82, 2.24) is 4.90 Å². The molecule has 1 aliphatic rings. The second kappa shape index (κ2) is 5.06. The first kappa shape index (κ1) is 13.0. The van der Waals surface area contributed by atoms with Crippen LogP contribution in [0.15, 0.2) is 24.3 Å². The van der Waals surface area contributed by atoms with Gasteiger partial charge in [0.1, 0.15) is 11.4 Å². The monoisotopic (exact) mass is 251 g/mol.